The van der Waals surface area contributed by atoms with Crippen LogP contribution in [0.3, 0.4) is 0 Å². The summed E-state index contributed by atoms with van der Waals surface area (Å²) in [4.78, 5) is 0. The van der Waals surface area contributed by atoms with Crippen LogP contribution in [0, 0.1) is 5.92 Å². The summed E-state index contributed by atoms with van der Waals surface area (Å²) in [6, 6.07) is 0. The van der Waals surface area contributed by atoms with Crippen molar-refractivity contribution >= 4 is 0 Å². The molecule has 1 aliphatic heterocycles. The molecule has 0 radical (unpaired) electrons. The van der Waals surface area contributed by atoms with Gasteiger partial charge in [-0.15, -0.1) is 6.58 Å². The lowest BCUT2D eigenvalue weighted by Gasteiger charge is -2.33. The van der Waals surface area contributed by atoms with Gasteiger partial charge in [0.2, 0.25) is 0 Å². The van der Waals surface area contributed by atoms with Gasteiger partial charge in [-0.05, 0) is 26.7 Å². The number of ether oxygens (including phenoxy) is 2. The molecule has 1 heterocycles. The molecule has 2 unspecified atom stereocenters. The average molecular weight is 184 g/mol. The van der Waals surface area contributed by atoms with E-state index in [1.54, 1.807) is 0 Å². The molecule has 0 aromatic rings. The van der Waals surface area contributed by atoms with Crippen LogP contribution in [-0.4, -0.2) is 19.0 Å². The highest BCUT2D eigenvalue weighted by atomic mass is 16.7. The lowest BCUT2D eigenvalue weighted by molar-refractivity contribution is -0.225. The minimum Gasteiger partial charge on any atom is -0.353 e. The molecule has 2 heteroatoms. The Morgan fingerprint density at radius 2 is 2.15 bits per heavy atom. The zero-order chi connectivity index (χ0) is 9.84. The third kappa shape index (κ3) is 3.49. The van der Waals surface area contributed by atoms with Crippen LogP contribution in [-0.2, 0) is 9.47 Å². The van der Waals surface area contributed by atoms with E-state index in [-0.39, 0.29) is 6.29 Å². The predicted octanol–water partition coefficient (Wildman–Crippen LogP) is 2.74. The summed E-state index contributed by atoms with van der Waals surface area (Å²) in [7, 11) is 0. The normalized spacial score (nSPS) is 34.5. The molecule has 0 saturated carbocycles. The molecule has 0 aromatic heterocycles. The van der Waals surface area contributed by atoms with E-state index >= 15 is 0 Å². The van der Waals surface area contributed by atoms with Crippen molar-refractivity contribution in [1.82, 2.24) is 0 Å². The first kappa shape index (κ1) is 10.7. The molecule has 0 spiro atoms. The first-order valence-electron chi connectivity index (χ1n) is 5.01. The van der Waals surface area contributed by atoms with Gasteiger partial charge < -0.3 is 9.47 Å². The standard InChI is InChI=1S/C11H20O2/c1-8(2)5-6-11-9(3)7-12-10(4)13-11/h9-11H,1,5-7H2,2-4H3/t9?,10?,11-/m1/s1. The van der Waals surface area contributed by atoms with Crippen LogP contribution in [0.15, 0.2) is 12.2 Å². The molecule has 2 nitrogen and oxygen atoms in total. The molecule has 1 fully saturated rings. The zero-order valence-electron chi connectivity index (χ0n) is 8.88. The number of rotatable bonds is 3. The van der Waals surface area contributed by atoms with Crippen molar-refractivity contribution in [3.05, 3.63) is 12.2 Å². The third-order valence-electron chi connectivity index (χ3n) is 2.45. The molecule has 0 bridgehead atoms. The Kier molecular flexibility index (Phi) is 3.94. The molecular weight excluding hydrogens is 164 g/mol. The Bertz CT molecular complexity index is 177. The Morgan fingerprint density at radius 3 is 2.77 bits per heavy atom. The van der Waals surface area contributed by atoms with Gasteiger partial charge in [0, 0.05) is 5.92 Å². The van der Waals surface area contributed by atoms with Gasteiger partial charge in [-0.1, -0.05) is 12.5 Å². The number of hydrogen-bond acceptors (Lipinski definition) is 2. The Labute approximate surface area is 80.9 Å². The minimum absolute atomic E-state index is 0.0358. The summed E-state index contributed by atoms with van der Waals surface area (Å²) in [5, 5.41) is 0. The van der Waals surface area contributed by atoms with Gasteiger partial charge in [-0.2, -0.15) is 0 Å². The molecular formula is C11H20O2. The van der Waals surface area contributed by atoms with E-state index in [1.807, 2.05) is 6.92 Å². The largest absolute Gasteiger partial charge is 0.353 e. The summed E-state index contributed by atoms with van der Waals surface area (Å²) in [6.45, 7) is 10.9. The first-order valence-corrected chi connectivity index (χ1v) is 5.01. The van der Waals surface area contributed by atoms with E-state index in [4.69, 9.17) is 9.47 Å². The van der Waals surface area contributed by atoms with Crippen LogP contribution in [0.25, 0.3) is 0 Å². The van der Waals surface area contributed by atoms with Crippen LogP contribution in [0.5, 0.6) is 0 Å². The smallest absolute Gasteiger partial charge is 0.155 e. The molecule has 1 rings (SSSR count). The topological polar surface area (TPSA) is 18.5 Å². The van der Waals surface area contributed by atoms with Crippen LogP contribution in [0.2, 0.25) is 0 Å². The second kappa shape index (κ2) is 4.77. The molecule has 0 aromatic carbocycles. The number of allylic oxidation sites excluding steroid dienone is 1. The SMILES string of the molecule is C=C(C)CC[C@H]1OC(C)OCC1C. The summed E-state index contributed by atoms with van der Waals surface area (Å²) >= 11 is 0. The van der Waals surface area contributed by atoms with Crippen molar-refractivity contribution in [3.63, 3.8) is 0 Å². The Morgan fingerprint density at radius 1 is 1.46 bits per heavy atom. The summed E-state index contributed by atoms with van der Waals surface area (Å²) < 4.78 is 11.1. The molecule has 0 aliphatic carbocycles. The van der Waals surface area contributed by atoms with Crippen LogP contribution in [0.4, 0.5) is 0 Å². The molecule has 0 N–H and O–H groups in total. The van der Waals surface area contributed by atoms with Gasteiger partial charge in [0.15, 0.2) is 6.29 Å². The van der Waals surface area contributed by atoms with Gasteiger partial charge in [0.05, 0.1) is 12.7 Å². The molecule has 1 saturated heterocycles. The van der Waals surface area contributed by atoms with Crippen molar-refractivity contribution < 1.29 is 9.47 Å². The fourth-order valence-corrected chi connectivity index (χ4v) is 1.56. The summed E-state index contributed by atoms with van der Waals surface area (Å²) in [5.74, 6) is 0.510. The fourth-order valence-electron chi connectivity index (χ4n) is 1.56. The first-order chi connectivity index (χ1) is 6.09. The van der Waals surface area contributed by atoms with Gasteiger partial charge in [0.1, 0.15) is 0 Å². The third-order valence-corrected chi connectivity index (χ3v) is 2.45. The van der Waals surface area contributed by atoms with Crippen molar-refractivity contribution in [1.29, 1.82) is 0 Å². The summed E-state index contributed by atoms with van der Waals surface area (Å²) in [5.41, 5.74) is 1.23. The average Bonchev–Trinajstić information content (AvgIpc) is 2.06. The fraction of sp³-hybridized carbons (Fsp3) is 0.818. The lowest BCUT2D eigenvalue weighted by atomic mass is 9.98. The van der Waals surface area contributed by atoms with Gasteiger partial charge in [0.25, 0.3) is 0 Å². The monoisotopic (exact) mass is 184 g/mol. The predicted molar refractivity (Wildman–Crippen MR) is 53.5 cm³/mol. The highest BCUT2D eigenvalue weighted by Gasteiger charge is 2.25. The van der Waals surface area contributed by atoms with E-state index in [9.17, 15) is 0 Å². The van der Waals surface area contributed by atoms with Crippen LogP contribution >= 0.6 is 0 Å². The van der Waals surface area contributed by atoms with E-state index < -0.39 is 0 Å². The molecule has 0 amide bonds. The van der Waals surface area contributed by atoms with Crippen LogP contribution in [0.1, 0.15) is 33.6 Å². The Balaban J connectivity index is 2.33. The van der Waals surface area contributed by atoms with Gasteiger partial charge in [-0.25, -0.2) is 0 Å². The molecule has 3 atom stereocenters. The van der Waals surface area contributed by atoms with E-state index in [1.165, 1.54) is 5.57 Å². The van der Waals surface area contributed by atoms with Gasteiger partial charge in [-0.3, -0.25) is 0 Å². The summed E-state index contributed by atoms with van der Waals surface area (Å²) in [6.07, 6.45) is 2.44. The van der Waals surface area contributed by atoms with Crippen molar-refractivity contribution in [2.45, 2.75) is 46.0 Å². The minimum atomic E-state index is -0.0358. The van der Waals surface area contributed by atoms with Crippen LogP contribution < -0.4 is 0 Å². The van der Waals surface area contributed by atoms with Crippen molar-refractivity contribution in [2.24, 2.45) is 5.92 Å². The zero-order valence-corrected chi connectivity index (χ0v) is 8.88. The van der Waals surface area contributed by atoms with E-state index in [0.717, 1.165) is 19.4 Å². The van der Waals surface area contributed by atoms with E-state index in [0.29, 0.717) is 12.0 Å². The molecule has 1 aliphatic rings. The molecule has 76 valence electrons. The highest BCUT2D eigenvalue weighted by Crippen LogP contribution is 2.22. The molecule has 13 heavy (non-hydrogen) atoms. The van der Waals surface area contributed by atoms with E-state index in [2.05, 4.69) is 20.4 Å². The van der Waals surface area contributed by atoms with Crippen molar-refractivity contribution in [3.8, 4) is 0 Å². The second-order valence-electron chi connectivity index (χ2n) is 4.05. The maximum absolute atomic E-state index is 5.69. The quantitative estimate of drug-likeness (QED) is 0.628. The van der Waals surface area contributed by atoms with Crippen molar-refractivity contribution in [2.75, 3.05) is 6.61 Å². The second-order valence-corrected chi connectivity index (χ2v) is 4.05. The van der Waals surface area contributed by atoms with Gasteiger partial charge >= 0.3 is 0 Å². The highest BCUT2D eigenvalue weighted by molar-refractivity contribution is 4.89. The maximum Gasteiger partial charge on any atom is 0.155 e. The number of hydrogen-bond donors (Lipinski definition) is 0. The lowest BCUT2D eigenvalue weighted by Crippen LogP contribution is -2.37. The maximum atomic E-state index is 5.69. The Hall–Kier alpha value is -0.340.